The molecule has 2 aliphatic rings. The average Bonchev–Trinajstić information content (AvgIpc) is 3.22. The van der Waals surface area contributed by atoms with Crippen molar-refractivity contribution in [1.82, 2.24) is 4.90 Å². The van der Waals surface area contributed by atoms with Gasteiger partial charge in [-0.05, 0) is 30.9 Å². The van der Waals surface area contributed by atoms with Crippen LogP contribution in [0.15, 0.2) is 24.3 Å². The van der Waals surface area contributed by atoms with E-state index in [1.807, 2.05) is 0 Å². The first-order valence-corrected chi connectivity index (χ1v) is 7.36. The molecule has 2 fully saturated rings. The van der Waals surface area contributed by atoms with Crippen molar-refractivity contribution in [2.75, 3.05) is 26.3 Å². The Bertz CT molecular complexity index is 417. The van der Waals surface area contributed by atoms with E-state index in [1.165, 1.54) is 24.0 Å². The van der Waals surface area contributed by atoms with E-state index < -0.39 is 0 Å². The monoisotopic (exact) mass is 260 g/mol. The lowest BCUT2D eigenvalue weighted by Crippen LogP contribution is -2.35. The molecule has 2 N–H and O–H groups in total. The van der Waals surface area contributed by atoms with Gasteiger partial charge in [-0.2, -0.15) is 0 Å². The second kappa shape index (κ2) is 5.23. The standard InChI is InChI=1S/C16H24N2O/c1-13(17)16(6-7-16)15-4-2-14(3-5-15)12-18-8-10-19-11-9-18/h2-5,13H,6-12,17H2,1H3. The maximum atomic E-state index is 6.13. The molecule has 1 atom stereocenters. The van der Waals surface area contributed by atoms with Crippen molar-refractivity contribution in [2.45, 2.75) is 37.8 Å². The highest BCUT2D eigenvalue weighted by atomic mass is 16.5. The van der Waals surface area contributed by atoms with E-state index in [1.54, 1.807) is 0 Å². The molecule has 0 amide bonds. The number of hydrogen-bond acceptors (Lipinski definition) is 3. The van der Waals surface area contributed by atoms with Gasteiger partial charge in [0, 0.05) is 31.1 Å². The Morgan fingerprint density at radius 1 is 1.21 bits per heavy atom. The molecular weight excluding hydrogens is 236 g/mol. The number of nitrogens with zero attached hydrogens (tertiary/aromatic N) is 1. The molecule has 1 saturated carbocycles. The van der Waals surface area contributed by atoms with E-state index in [0.29, 0.717) is 0 Å². The van der Waals surface area contributed by atoms with Gasteiger partial charge in [-0.3, -0.25) is 4.90 Å². The van der Waals surface area contributed by atoms with E-state index in [-0.39, 0.29) is 11.5 Å². The Balaban J connectivity index is 1.66. The van der Waals surface area contributed by atoms with Crippen LogP contribution in [0.4, 0.5) is 0 Å². The zero-order valence-corrected chi connectivity index (χ0v) is 11.8. The summed E-state index contributed by atoms with van der Waals surface area (Å²) in [6.45, 7) is 7.00. The van der Waals surface area contributed by atoms with Gasteiger partial charge in [0.25, 0.3) is 0 Å². The first-order chi connectivity index (χ1) is 9.21. The molecule has 1 aliphatic heterocycles. The molecule has 0 aromatic heterocycles. The van der Waals surface area contributed by atoms with Crippen molar-refractivity contribution in [2.24, 2.45) is 5.73 Å². The first-order valence-electron chi connectivity index (χ1n) is 7.36. The zero-order chi connectivity index (χ0) is 13.3. The summed E-state index contributed by atoms with van der Waals surface area (Å²) in [5, 5.41) is 0. The van der Waals surface area contributed by atoms with Gasteiger partial charge in [0.2, 0.25) is 0 Å². The smallest absolute Gasteiger partial charge is 0.0594 e. The molecular formula is C16H24N2O. The molecule has 3 heteroatoms. The minimum atomic E-state index is 0.262. The van der Waals surface area contributed by atoms with Crippen molar-refractivity contribution in [3.8, 4) is 0 Å². The average molecular weight is 260 g/mol. The van der Waals surface area contributed by atoms with Crippen LogP contribution in [0, 0.1) is 0 Å². The number of nitrogens with two attached hydrogens (primary N) is 1. The van der Waals surface area contributed by atoms with E-state index >= 15 is 0 Å². The highest BCUT2D eigenvalue weighted by Gasteiger charge is 2.47. The third-order valence-electron chi connectivity index (χ3n) is 4.70. The quantitative estimate of drug-likeness (QED) is 0.898. The van der Waals surface area contributed by atoms with E-state index in [0.717, 1.165) is 32.8 Å². The lowest BCUT2D eigenvalue weighted by Gasteiger charge is -2.27. The normalized spacial score (nSPS) is 24.1. The van der Waals surface area contributed by atoms with Crippen molar-refractivity contribution < 1.29 is 4.74 Å². The van der Waals surface area contributed by atoms with Gasteiger partial charge in [0.15, 0.2) is 0 Å². The highest BCUT2D eigenvalue weighted by Crippen LogP contribution is 2.50. The lowest BCUT2D eigenvalue weighted by molar-refractivity contribution is 0.0342. The molecule has 0 bridgehead atoms. The van der Waals surface area contributed by atoms with Gasteiger partial charge in [-0.1, -0.05) is 24.3 Å². The van der Waals surface area contributed by atoms with Crippen LogP contribution >= 0.6 is 0 Å². The van der Waals surface area contributed by atoms with Crippen LogP contribution in [-0.4, -0.2) is 37.2 Å². The Labute approximate surface area is 115 Å². The second-order valence-electron chi connectivity index (χ2n) is 6.03. The van der Waals surface area contributed by atoms with Crippen LogP contribution < -0.4 is 5.73 Å². The number of morpholine rings is 1. The molecule has 1 unspecified atom stereocenters. The van der Waals surface area contributed by atoms with Crippen molar-refractivity contribution >= 4 is 0 Å². The number of benzene rings is 1. The highest BCUT2D eigenvalue weighted by molar-refractivity contribution is 5.35. The number of rotatable bonds is 4. The molecule has 19 heavy (non-hydrogen) atoms. The van der Waals surface area contributed by atoms with Crippen LogP contribution in [-0.2, 0) is 16.7 Å². The van der Waals surface area contributed by atoms with Crippen LogP contribution in [0.3, 0.4) is 0 Å². The molecule has 1 heterocycles. The maximum absolute atomic E-state index is 6.13. The minimum absolute atomic E-state index is 0.262. The summed E-state index contributed by atoms with van der Waals surface area (Å²) in [6, 6.07) is 9.37. The fourth-order valence-electron chi connectivity index (χ4n) is 3.10. The summed E-state index contributed by atoms with van der Waals surface area (Å²) in [5.41, 5.74) is 9.22. The Morgan fingerprint density at radius 2 is 1.84 bits per heavy atom. The second-order valence-corrected chi connectivity index (χ2v) is 6.03. The van der Waals surface area contributed by atoms with Gasteiger partial charge in [0.05, 0.1) is 13.2 Å². The molecule has 1 aromatic rings. The molecule has 3 rings (SSSR count). The summed E-state index contributed by atoms with van der Waals surface area (Å²) in [4.78, 5) is 2.46. The fraction of sp³-hybridized carbons (Fsp3) is 0.625. The maximum Gasteiger partial charge on any atom is 0.0594 e. The Kier molecular flexibility index (Phi) is 3.61. The van der Waals surface area contributed by atoms with E-state index in [2.05, 4.69) is 36.1 Å². The summed E-state index contributed by atoms with van der Waals surface area (Å²) in [5.74, 6) is 0. The van der Waals surface area contributed by atoms with Crippen molar-refractivity contribution in [1.29, 1.82) is 0 Å². The third kappa shape index (κ3) is 2.69. The van der Waals surface area contributed by atoms with Crippen LogP contribution in [0.25, 0.3) is 0 Å². The molecule has 1 saturated heterocycles. The number of ether oxygens (including phenoxy) is 1. The molecule has 0 spiro atoms. The zero-order valence-electron chi connectivity index (χ0n) is 11.8. The predicted molar refractivity (Wildman–Crippen MR) is 77.1 cm³/mol. The van der Waals surface area contributed by atoms with E-state index in [4.69, 9.17) is 10.5 Å². The van der Waals surface area contributed by atoms with Gasteiger partial charge in [0.1, 0.15) is 0 Å². The summed E-state index contributed by atoms with van der Waals surface area (Å²) in [7, 11) is 0. The Morgan fingerprint density at radius 3 is 2.37 bits per heavy atom. The van der Waals surface area contributed by atoms with Crippen molar-refractivity contribution in [3.05, 3.63) is 35.4 Å². The lowest BCUT2D eigenvalue weighted by atomic mass is 9.89. The topological polar surface area (TPSA) is 38.5 Å². The van der Waals surface area contributed by atoms with Gasteiger partial charge in [-0.25, -0.2) is 0 Å². The van der Waals surface area contributed by atoms with Crippen LogP contribution in [0.2, 0.25) is 0 Å². The van der Waals surface area contributed by atoms with E-state index in [9.17, 15) is 0 Å². The third-order valence-corrected chi connectivity index (χ3v) is 4.70. The Hall–Kier alpha value is -0.900. The van der Waals surface area contributed by atoms with Gasteiger partial charge in [-0.15, -0.1) is 0 Å². The number of hydrogen-bond donors (Lipinski definition) is 1. The van der Waals surface area contributed by atoms with Crippen molar-refractivity contribution in [3.63, 3.8) is 0 Å². The molecule has 1 aromatic carbocycles. The first kappa shape index (κ1) is 13.1. The minimum Gasteiger partial charge on any atom is -0.379 e. The van der Waals surface area contributed by atoms with Gasteiger partial charge >= 0.3 is 0 Å². The molecule has 104 valence electrons. The van der Waals surface area contributed by atoms with Gasteiger partial charge < -0.3 is 10.5 Å². The predicted octanol–water partition coefficient (Wildman–Crippen LogP) is 1.90. The molecule has 3 nitrogen and oxygen atoms in total. The largest absolute Gasteiger partial charge is 0.379 e. The summed E-state index contributed by atoms with van der Waals surface area (Å²) in [6.07, 6.45) is 2.49. The SMILES string of the molecule is CC(N)C1(c2ccc(CN3CCOCC3)cc2)CC1. The summed E-state index contributed by atoms with van der Waals surface area (Å²) >= 11 is 0. The summed E-state index contributed by atoms with van der Waals surface area (Å²) < 4.78 is 5.38. The molecule has 0 radical (unpaired) electrons. The fourth-order valence-corrected chi connectivity index (χ4v) is 3.10. The van der Waals surface area contributed by atoms with Crippen LogP contribution in [0.5, 0.6) is 0 Å². The van der Waals surface area contributed by atoms with Crippen LogP contribution in [0.1, 0.15) is 30.9 Å². The molecule has 1 aliphatic carbocycles.